The molecule has 0 unspecified atom stereocenters. The highest BCUT2D eigenvalue weighted by Crippen LogP contribution is 2.33. The molecule has 0 bridgehead atoms. The Hall–Kier alpha value is -2.58. The summed E-state index contributed by atoms with van der Waals surface area (Å²) in [5, 5.41) is 19.1. The van der Waals surface area contributed by atoms with Crippen molar-refractivity contribution in [3.8, 4) is 17.2 Å². The molecule has 3 aromatic rings. The van der Waals surface area contributed by atoms with Crippen LogP contribution in [0, 0.1) is 18.3 Å². The van der Waals surface area contributed by atoms with E-state index in [4.69, 9.17) is 0 Å². The number of benzene rings is 2. The minimum atomic E-state index is 0.552. The topological polar surface area (TPSA) is 54.5 Å². The molecule has 1 saturated carbocycles. The Labute approximate surface area is 170 Å². The zero-order valence-corrected chi connectivity index (χ0v) is 17.0. The Kier molecular flexibility index (Phi) is 5.78. The maximum Gasteiger partial charge on any atom is 0.191 e. The summed E-state index contributed by atoms with van der Waals surface area (Å²) in [6.07, 6.45) is 6.43. The van der Waals surface area contributed by atoms with E-state index in [2.05, 4.69) is 52.0 Å². The van der Waals surface area contributed by atoms with Crippen molar-refractivity contribution in [1.82, 2.24) is 14.8 Å². The summed E-state index contributed by atoms with van der Waals surface area (Å²) in [6.45, 7) is 2.06. The molecule has 0 radical (unpaired) electrons. The van der Waals surface area contributed by atoms with Crippen molar-refractivity contribution in [2.24, 2.45) is 0 Å². The van der Waals surface area contributed by atoms with Crippen molar-refractivity contribution < 1.29 is 0 Å². The average molecular weight is 389 g/mol. The molecular weight excluding hydrogens is 364 g/mol. The first-order valence-electron chi connectivity index (χ1n) is 9.89. The Bertz CT molecular complexity index is 979. The van der Waals surface area contributed by atoms with Crippen LogP contribution in [0.3, 0.4) is 0 Å². The number of aryl methyl sites for hydroxylation is 1. The summed E-state index contributed by atoms with van der Waals surface area (Å²) in [5.74, 6) is 1.89. The fourth-order valence-electron chi connectivity index (χ4n) is 3.97. The van der Waals surface area contributed by atoms with E-state index >= 15 is 0 Å². The fourth-order valence-corrected chi connectivity index (χ4v) is 4.98. The molecule has 142 valence electrons. The summed E-state index contributed by atoms with van der Waals surface area (Å²) in [6, 6.07) is 19.0. The molecule has 1 aliphatic rings. The van der Waals surface area contributed by atoms with Crippen LogP contribution >= 0.6 is 11.8 Å². The third-order valence-corrected chi connectivity index (χ3v) is 6.47. The van der Waals surface area contributed by atoms with E-state index in [0.717, 1.165) is 27.9 Å². The lowest BCUT2D eigenvalue weighted by atomic mass is 9.95. The Morgan fingerprint density at radius 1 is 1.04 bits per heavy atom. The largest absolute Gasteiger partial charge is 0.303 e. The number of hydrogen-bond donors (Lipinski definition) is 0. The Balaban J connectivity index is 1.47. The molecule has 1 heterocycles. The van der Waals surface area contributed by atoms with Gasteiger partial charge < -0.3 is 4.57 Å². The number of hydrogen-bond acceptors (Lipinski definition) is 4. The van der Waals surface area contributed by atoms with Crippen LogP contribution in [-0.2, 0) is 5.75 Å². The molecule has 1 fully saturated rings. The molecule has 0 aliphatic heterocycles. The first kappa shape index (κ1) is 18.8. The van der Waals surface area contributed by atoms with E-state index in [9.17, 15) is 5.26 Å². The fraction of sp³-hybridized carbons (Fsp3) is 0.348. The Morgan fingerprint density at radius 2 is 1.79 bits per heavy atom. The van der Waals surface area contributed by atoms with Crippen molar-refractivity contribution in [1.29, 1.82) is 5.26 Å². The van der Waals surface area contributed by atoms with Gasteiger partial charge in [-0.2, -0.15) is 5.26 Å². The molecule has 0 saturated heterocycles. The van der Waals surface area contributed by atoms with E-state index in [1.807, 2.05) is 24.3 Å². The van der Waals surface area contributed by atoms with Crippen LogP contribution in [0.4, 0.5) is 0 Å². The van der Waals surface area contributed by atoms with Crippen molar-refractivity contribution in [3.05, 3.63) is 65.5 Å². The normalized spacial score (nSPS) is 14.7. The highest BCUT2D eigenvalue weighted by atomic mass is 32.2. The van der Waals surface area contributed by atoms with Gasteiger partial charge in [0.05, 0.1) is 11.6 Å². The molecular formula is C23H24N4S. The average Bonchev–Trinajstić information content (AvgIpc) is 3.13. The van der Waals surface area contributed by atoms with Crippen LogP contribution in [0.15, 0.2) is 53.7 Å². The highest BCUT2D eigenvalue weighted by molar-refractivity contribution is 7.98. The number of nitriles is 1. The quantitative estimate of drug-likeness (QED) is 0.509. The number of aromatic nitrogens is 3. The van der Waals surface area contributed by atoms with Gasteiger partial charge in [-0.1, -0.05) is 73.5 Å². The third kappa shape index (κ3) is 3.98. The molecule has 2 aromatic carbocycles. The first-order chi connectivity index (χ1) is 13.8. The van der Waals surface area contributed by atoms with E-state index in [1.54, 1.807) is 11.8 Å². The van der Waals surface area contributed by atoms with Gasteiger partial charge in [0.15, 0.2) is 5.16 Å². The molecule has 5 heteroatoms. The molecule has 28 heavy (non-hydrogen) atoms. The zero-order valence-electron chi connectivity index (χ0n) is 16.1. The van der Waals surface area contributed by atoms with Crippen LogP contribution in [0.5, 0.6) is 0 Å². The lowest BCUT2D eigenvalue weighted by Crippen LogP contribution is -2.15. The summed E-state index contributed by atoms with van der Waals surface area (Å²) in [5.41, 5.74) is 4.02. The summed E-state index contributed by atoms with van der Waals surface area (Å²) in [4.78, 5) is 0. The maximum absolute atomic E-state index is 9.31. The van der Waals surface area contributed by atoms with Gasteiger partial charge in [0.25, 0.3) is 0 Å². The second kappa shape index (κ2) is 8.62. The van der Waals surface area contributed by atoms with E-state index < -0.39 is 0 Å². The van der Waals surface area contributed by atoms with Gasteiger partial charge >= 0.3 is 0 Å². The molecule has 4 nitrogen and oxygen atoms in total. The number of thioether (sulfide) groups is 1. The highest BCUT2D eigenvalue weighted by Gasteiger charge is 2.21. The van der Waals surface area contributed by atoms with Gasteiger partial charge in [0.1, 0.15) is 5.82 Å². The maximum atomic E-state index is 9.31. The van der Waals surface area contributed by atoms with Crippen molar-refractivity contribution in [2.45, 2.75) is 56.0 Å². The lowest BCUT2D eigenvalue weighted by Gasteiger charge is -2.25. The van der Waals surface area contributed by atoms with Gasteiger partial charge in [-0.3, -0.25) is 0 Å². The standard InChI is InChI=1S/C23H24N4S/c1-17-25-26-23(27(17)21-8-3-2-4-9-21)28-16-18-11-13-19(14-12-18)22-10-6-5-7-20(22)15-24/h5-7,10-14,21H,2-4,8-9,16H2,1H3. The van der Waals surface area contributed by atoms with Crippen LogP contribution in [0.1, 0.15) is 55.1 Å². The summed E-state index contributed by atoms with van der Waals surface area (Å²) in [7, 11) is 0. The van der Waals surface area contributed by atoms with Crippen LogP contribution in [-0.4, -0.2) is 14.8 Å². The monoisotopic (exact) mass is 388 g/mol. The predicted molar refractivity (Wildman–Crippen MR) is 113 cm³/mol. The van der Waals surface area contributed by atoms with Gasteiger partial charge in [-0.05, 0) is 42.5 Å². The third-order valence-electron chi connectivity index (χ3n) is 5.46. The van der Waals surface area contributed by atoms with Crippen LogP contribution in [0.2, 0.25) is 0 Å². The SMILES string of the molecule is Cc1nnc(SCc2ccc(-c3ccccc3C#N)cc2)n1C1CCCCC1. The van der Waals surface area contributed by atoms with E-state index in [-0.39, 0.29) is 0 Å². The predicted octanol–water partition coefficient (Wildman–Crippen LogP) is 5.92. The van der Waals surface area contributed by atoms with E-state index in [1.165, 1.54) is 37.7 Å². The molecule has 0 atom stereocenters. The lowest BCUT2D eigenvalue weighted by molar-refractivity contribution is 0.332. The number of rotatable bonds is 5. The van der Waals surface area contributed by atoms with Gasteiger partial charge in [0.2, 0.25) is 0 Å². The van der Waals surface area contributed by atoms with Crippen molar-refractivity contribution in [3.63, 3.8) is 0 Å². The summed E-state index contributed by atoms with van der Waals surface area (Å²) < 4.78 is 2.35. The van der Waals surface area contributed by atoms with Gasteiger partial charge in [-0.25, -0.2) is 0 Å². The van der Waals surface area contributed by atoms with Crippen molar-refractivity contribution >= 4 is 11.8 Å². The second-order valence-electron chi connectivity index (χ2n) is 7.33. The molecule has 0 N–H and O–H groups in total. The minimum absolute atomic E-state index is 0.552. The van der Waals surface area contributed by atoms with Gasteiger partial charge in [0, 0.05) is 11.8 Å². The minimum Gasteiger partial charge on any atom is -0.303 e. The zero-order chi connectivity index (χ0) is 19.3. The van der Waals surface area contributed by atoms with Gasteiger partial charge in [-0.15, -0.1) is 10.2 Å². The Morgan fingerprint density at radius 3 is 2.54 bits per heavy atom. The molecule has 1 aromatic heterocycles. The van der Waals surface area contributed by atoms with Crippen LogP contribution in [0.25, 0.3) is 11.1 Å². The second-order valence-corrected chi connectivity index (χ2v) is 8.28. The molecule has 4 rings (SSSR count). The number of nitrogens with zero attached hydrogens (tertiary/aromatic N) is 4. The van der Waals surface area contributed by atoms with E-state index in [0.29, 0.717) is 11.6 Å². The van der Waals surface area contributed by atoms with Crippen LogP contribution < -0.4 is 0 Å². The summed E-state index contributed by atoms with van der Waals surface area (Å²) >= 11 is 1.76. The molecule has 1 aliphatic carbocycles. The first-order valence-corrected chi connectivity index (χ1v) is 10.9. The smallest absolute Gasteiger partial charge is 0.191 e. The molecule has 0 spiro atoms. The van der Waals surface area contributed by atoms with Crippen molar-refractivity contribution in [2.75, 3.05) is 0 Å². The molecule has 0 amide bonds.